The van der Waals surface area contributed by atoms with Crippen LogP contribution in [-0.2, 0) is 15.9 Å². The van der Waals surface area contributed by atoms with Crippen molar-refractivity contribution >= 4 is 15.4 Å². The van der Waals surface area contributed by atoms with Gasteiger partial charge >= 0.3 is 12.1 Å². The molecule has 1 heterocycles. The second-order valence-corrected chi connectivity index (χ2v) is 7.69. The van der Waals surface area contributed by atoms with E-state index in [0.717, 1.165) is 12.1 Å². The van der Waals surface area contributed by atoms with Gasteiger partial charge < -0.3 is 4.52 Å². The Hall–Kier alpha value is -2.82. The van der Waals surface area contributed by atoms with Gasteiger partial charge in [0, 0.05) is 22.8 Å². The first kappa shape index (κ1) is 19.0. The van der Waals surface area contributed by atoms with Crippen LogP contribution in [0.3, 0.4) is 0 Å². The van der Waals surface area contributed by atoms with Crippen LogP contribution in [0.5, 0.6) is 0 Å². The molecule has 3 rings (SSSR count). The number of alkyl halides is 3. The summed E-state index contributed by atoms with van der Waals surface area (Å²) in [6, 6.07) is 8.00. The highest BCUT2D eigenvalue weighted by atomic mass is 32.2. The predicted octanol–water partition coefficient (Wildman–Crippen LogP) is 4.82. The fraction of sp³-hybridized carbons (Fsp3) is 0.125. The highest BCUT2D eigenvalue weighted by Crippen LogP contribution is 2.30. The van der Waals surface area contributed by atoms with Crippen molar-refractivity contribution in [2.45, 2.75) is 11.1 Å². The number of nitrogens with zero attached hydrogens (tertiary/aromatic N) is 3. The summed E-state index contributed by atoms with van der Waals surface area (Å²) in [5, 5.41) is 3.25. The fourth-order valence-electron chi connectivity index (χ4n) is 2.11. The zero-order valence-corrected chi connectivity index (χ0v) is 14.3. The maximum absolute atomic E-state index is 13.7. The van der Waals surface area contributed by atoms with Gasteiger partial charge in [0.05, 0.1) is 9.73 Å². The molecule has 1 unspecified atom stereocenters. The van der Waals surface area contributed by atoms with Crippen LogP contribution >= 0.6 is 0 Å². The van der Waals surface area contributed by atoms with Crippen molar-refractivity contribution in [1.82, 2.24) is 10.1 Å². The number of benzene rings is 2. The molecular weight excluding hydrogens is 393 g/mol. The second kappa shape index (κ2) is 6.72. The Morgan fingerprint density at radius 2 is 1.74 bits per heavy atom. The zero-order valence-electron chi connectivity index (χ0n) is 13.5. The molecule has 1 atom stereocenters. The lowest BCUT2D eigenvalue weighted by Gasteiger charge is -2.06. The van der Waals surface area contributed by atoms with E-state index in [-0.39, 0.29) is 22.0 Å². The molecule has 11 heteroatoms. The van der Waals surface area contributed by atoms with E-state index in [1.807, 2.05) is 0 Å². The molecule has 0 amide bonds. The standard InChI is InChI=1S/C16H10F5N3O2S/c1-27(25,24-13-7-4-10(17)8-12(13)18)11-5-2-9(3-6-11)14-22-15(26-23-14)16(19,20)21/h2-8H,1H3. The van der Waals surface area contributed by atoms with Gasteiger partial charge in [0.15, 0.2) is 5.82 Å². The molecule has 2 aromatic carbocycles. The fourth-order valence-corrected chi connectivity index (χ4v) is 3.38. The van der Waals surface area contributed by atoms with Crippen molar-refractivity contribution in [1.29, 1.82) is 0 Å². The van der Waals surface area contributed by atoms with Crippen molar-refractivity contribution in [3.8, 4) is 11.4 Å². The number of hydrogen-bond acceptors (Lipinski definition) is 5. The zero-order chi connectivity index (χ0) is 19.8. The molecule has 0 N–H and O–H groups in total. The van der Waals surface area contributed by atoms with Gasteiger partial charge in [-0.15, -0.1) is 0 Å². The molecule has 0 fully saturated rings. The second-order valence-electron chi connectivity index (χ2n) is 5.43. The number of halogens is 5. The lowest BCUT2D eigenvalue weighted by molar-refractivity contribution is -0.159. The van der Waals surface area contributed by atoms with Gasteiger partial charge in [-0.25, -0.2) is 13.0 Å². The van der Waals surface area contributed by atoms with E-state index in [9.17, 15) is 26.2 Å². The van der Waals surface area contributed by atoms with Crippen LogP contribution < -0.4 is 0 Å². The van der Waals surface area contributed by atoms with Crippen molar-refractivity contribution in [3.05, 3.63) is 60.0 Å². The van der Waals surface area contributed by atoms with E-state index < -0.39 is 33.4 Å². The Morgan fingerprint density at radius 1 is 1.07 bits per heavy atom. The van der Waals surface area contributed by atoms with E-state index in [1.165, 1.54) is 30.5 Å². The first-order valence-electron chi connectivity index (χ1n) is 7.25. The molecule has 0 aliphatic carbocycles. The third-order valence-corrected chi connectivity index (χ3v) is 5.09. The van der Waals surface area contributed by atoms with Crippen molar-refractivity contribution < 1.29 is 30.7 Å². The molecule has 0 aliphatic rings. The monoisotopic (exact) mass is 403 g/mol. The molecule has 0 saturated heterocycles. The van der Waals surface area contributed by atoms with E-state index in [2.05, 4.69) is 19.0 Å². The summed E-state index contributed by atoms with van der Waals surface area (Å²) in [6.45, 7) is 0. The Labute approximate surface area is 150 Å². The topological polar surface area (TPSA) is 68.3 Å². The van der Waals surface area contributed by atoms with Crippen LogP contribution in [0.25, 0.3) is 11.4 Å². The Morgan fingerprint density at radius 3 is 2.30 bits per heavy atom. The average Bonchev–Trinajstić information content (AvgIpc) is 3.08. The van der Waals surface area contributed by atoms with Crippen molar-refractivity contribution in [2.24, 2.45) is 4.36 Å². The van der Waals surface area contributed by atoms with Gasteiger partial charge in [-0.2, -0.15) is 22.5 Å². The van der Waals surface area contributed by atoms with Crippen molar-refractivity contribution in [2.75, 3.05) is 6.26 Å². The van der Waals surface area contributed by atoms with Gasteiger partial charge in [-0.1, -0.05) is 5.16 Å². The first-order valence-corrected chi connectivity index (χ1v) is 9.17. The maximum Gasteiger partial charge on any atom is 0.471 e. The molecule has 0 saturated carbocycles. The largest absolute Gasteiger partial charge is 0.471 e. The molecule has 3 aromatic rings. The predicted molar refractivity (Wildman–Crippen MR) is 85.5 cm³/mol. The van der Waals surface area contributed by atoms with Gasteiger partial charge in [0.2, 0.25) is 5.82 Å². The third-order valence-electron chi connectivity index (χ3n) is 3.40. The summed E-state index contributed by atoms with van der Waals surface area (Å²) >= 11 is 0. The summed E-state index contributed by atoms with van der Waals surface area (Å²) < 4.78 is 84.9. The lowest BCUT2D eigenvalue weighted by atomic mass is 10.2. The van der Waals surface area contributed by atoms with Gasteiger partial charge in [0.1, 0.15) is 11.5 Å². The SMILES string of the molecule is CS(=O)(=Nc1ccc(F)cc1F)c1ccc(-c2noc(C(F)(F)F)n2)cc1. The molecule has 0 spiro atoms. The van der Waals surface area contributed by atoms with Gasteiger partial charge in [-0.05, 0) is 36.4 Å². The van der Waals surface area contributed by atoms with E-state index in [4.69, 9.17) is 0 Å². The molecule has 5 nitrogen and oxygen atoms in total. The molecule has 0 aliphatic heterocycles. The van der Waals surface area contributed by atoms with Crippen LogP contribution in [0.4, 0.5) is 27.6 Å². The molecule has 0 radical (unpaired) electrons. The summed E-state index contributed by atoms with van der Waals surface area (Å²) in [5.41, 5.74) is -0.0814. The number of hydrogen-bond donors (Lipinski definition) is 0. The lowest BCUT2D eigenvalue weighted by Crippen LogP contribution is -2.04. The Balaban J connectivity index is 1.93. The van der Waals surface area contributed by atoms with Crippen LogP contribution in [0.2, 0.25) is 0 Å². The molecule has 0 bridgehead atoms. The van der Waals surface area contributed by atoms with E-state index in [0.29, 0.717) is 6.07 Å². The first-order chi connectivity index (χ1) is 12.6. The average molecular weight is 403 g/mol. The molecule has 1 aromatic heterocycles. The highest BCUT2D eigenvalue weighted by molar-refractivity contribution is 7.93. The van der Waals surface area contributed by atoms with Crippen LogP contribution in [0.15, 0.2) is 56.2 Å². The summed E-state index contributed by atoms with van der Waals surface area (Å²) in [5.74, 6) is -3.54. The number of aromatic nitrogens is 2. The third kappa shape index (κ3) is 4.13. The van der Waals surface area contributed by atoms with Crippen LogP contribution in [0.1, 0.15) is 5.89 Å². The Bertz CT molecular complexity index is 1100. The number of rotatable bonds is 3. The molecular formula is C16H10F5N3O2S. The summed E-state index contributed by atoms with van der Waals surface area (Å²) in [7, 11) is -3.10. The maximum atomic E-state index is 13.7. The normalized spacial score (nSPS) is 14.0. The van der Waals surface area contributed by atoms with E-state index in [1.54, 1.807) is 0 Å². The van der Waals surface area contributed by atoms with Crippen LogP contribution in [-0.4, -0.2) is 20.6 Å². The minimum absolute atomic E-state index is 0.189. The van der Waals surface area contributed by atoms with Crippen LogP contribution in [0, 0.1) is 11.6 Å². The van der Waals surface area contributed by atoms with Gasteiger partial charge in [0.25, 0.3) is 0 Å². The summed E-state index contributed by atoms with van der Waals surface area (Å²) in [6.07, 6.45) is -3.51. The molecule has 142 valence electrons. The Kier molecular flexibility index (Phi) is 4.72. The van der Waals surface area contributed by atoms with Crippen molar-refractivity contribution in [3.63, 3.8) is 0 Å². The minimum Gasteiger partial charge on any atom is -0.329 e. The molecule has 27 heavy (non-hydrogen) atoms. The van der Waals surface area contributed by atoms with E-state index >= 15 is 0 Å². The highest BCUT2D eigenvalue weighted by Gasteiger charge is 2.38. The van der Waals surface area contributed by atoms with Gasteiger partial charge in [-0.3, -0.25) is 0 Å². The quantitative estimate of drug-likeness (QED) is 0.588. The summed E-state index contributed by atoms with van der Waals surface area (Å²) in [4.78, 5) is 3.44. The smallest absolute Gasteiger partial charge is 0.329 e. The minimum atomic E-state index is -4.76.